The highest BCUT2D eigenvalue weighted by Gasteiger charge is 2.15. The van der Waals surface area contributed by atoms with Crippen LogP contribution < -0.4 is 10.6 Å². The second kappa shape index (κ2) is 8.01. The quantitative estimate of drug-likeness (QED) is 0.852. The van der Waals surface area contributed by atoms with Gasteiger partial charge in [-0.15, -0.1) is 12.4 Å². The molecule has 0 spiro atoms. The second-order valence-electron chi connectivity index (χ2n) is 5.30. The normalized spacial score (nSPS) is 17.6. The van der Waals surface area contributed by atoms with Crippen LogP contribution >= 0.6 is 28.3 Å². The minimum Gasteiger partial charge on any atom is -0.326 e. The lowest BCUT2D eigenvalue weighted by molar-refractivity contribution is -0.116. The SMILES string of the molecule is Cc1cc(NC(=O)CCC2CCCN2)cc(C)c1Br.Cl. The average molecular weight is 362 g/mol. The van der Waals surface area contributed by atoms with Crippen molar-refractivity contribution < 1.29 is 4.79 Å². The highest BCUT2D eigenvalue weighted by Crippen LogP contribution is 2.25. The van der Waals surface area contributed by atoms with Crippen LogP contribution in [0.5, 0.6) is 0 Å². The third-order valence-corrected chi connectivity index (χ3v) is 4.85. The van der Waals surface area contributed by atoms with Gasteiger partial charge in [-0.3, -0.25) is 4.79 Å². The molecule has 1 aliphatic heterocycles. The number of carbonyl (C=O) groups is 1. The molecule has 0 aromatic heterocycles. The number of halogens is 2. The van der Waals surface area contributed by atoms with E-state index in [0.29, 0.717) is 12.5 Å². The number of hydrogen-bond acceptors (Lipinski definition) is 2. The molecule has 2 N–H and O–H groups in total. The molecular formula is C15H22BrClN2O. The molecule has 1 aromatic carbocycles. The molecule has 1 heterocycles. The Morgan fingerprint density at radius 3 is 2.60 bits per heavy atom. The van der Waals surface area contributed by atoms with Crippen molar-refractivity contribution in [3.05, 3.63) is 27.7 Å². The fourth-order valence-electron chi connectivity index (χ4n) is 2.55. The Balaban J connectivity index is 0.00000200. The van der Waals surface area contributed by atoms with Crippen LogP contribution in [0.3, 0.4) is 0 Å². The number of amides is 1. The summed E-state index contributed by atoms with van der Waals surface area (Å²) in [5, 5.41) is 6.40. The number of aryl methyl sites for hydroxylation is 2. The summed E-state index contributed by atoms with van der Waals surface area (Å²) in [6.07, 6.45) is 3.95. The largest absolute Gasteiger partial charge is 0.326 e. The van der Waals surface area contributed by atoms with E-state index in [-0.39, 0.29) is 18.3 Å². The van der Waals surface area contributed by atoms with Crippen molar-refractivity contribution in [2.75, 3.05) is 11.9 Å². The molecule has 0 aliphatic carbocycles. The maximum atomic E-state index is 11.9. The molecule has 0 bridgehead atoms. The molecule has 1 saturated heterocycles. The van der Waals surface area contributed by atoms with Crippen molar-refractivity contribution in [1.82, 2.24) is 5.32 Å². The van der Waals surface area contributed by atoms with Crippen LogP contribution in [0.1, 0.15) is 36.8 Å². The van der Waals surface area contributed by atoms with Gasteiger partial charge >= 0.3 is 0 Å². The number of hydrogen-bond donors (Lipinski definition) is 2. The van der Waals surface area contributed by atoms with Gasteiger partial charge in [-0.1, -0.05) is 15.9 Å². The minimum absolute atomic E-state index is 0. The number of benzene rings is 1. The average Bonchev–Trinajstić information content (AvgIpc) is 2.86. The molecule has 0 radical (unpaired) electrons. The summed E-state index contributed by atoms with van der Waals surface area (Å²) in [4.78, 5) is 11.9. The minimum atomic E-state index is 0. The first kappa shape index (κ1) is 17.5. The molecule has 1 fully saturated rings. The first-order valence-corrected chi connectivity index (χ1v) is 7.65. The van der Waals surface area contributed by atoms with Gasteiger partial charge in [-0.25, -0.2) is 0 Å². The number of carbonyl (C=O) groups excluding carboxylic acids is 1. The molecular weight excluding hydrogens is 340 g/mol. The number of rotatable bonds is 4. The van der Waals surface area contributed by atoms with Crippen molar-refractivity contribution in [3.8, 4) is 0 Å². The lowest BCUT2D eigenvalue weighted by Crippen LogP contribution is -2.23. The van der Waals surface area contributed by atoms with Crippen molar-refractivity contribution in [1.29, 1.82) is 0 Å². The predicted octanol–water partition coefficient (Wildman–Crippen LogP) is 3.96. The van der Waals surface area contributed by atoms with Crippen LogP contribution in [-0.4, -0.2) is 18.5 Å². The molecule has 1 atom stereocenters. The Kier molecular flexibility index (Phi) is 7.00. The Morgan fingerprint density at radius 1 is 1.40 bits per heavy atom. The number of nitrogens with one attached hydrogen (secondary N) is 2. The fourth-order valence-corrected chi connectivity index (χ4v) is 2.78. The highest BCUT2D eigenvalue weighted by molar-refractivity contribution is 9.10. The van der Waals surface area contributed by atoms with Crippen LogP contribution in [0.2, 0.25) is 0 Å². The maximum Gasteiger partial charge on any atom is 0.224 e. The zero-order valence-corrected chi connectivity index (χ0v) is 14.4. The summed E-state index contributed by atoms with van der Waals surface area (Å²) >= 11 is 3.53. The van der Waals surface area contributed by atoms with Gasteiger partial charge in [0.1, 0.15) is 0 Å². The molecule has 112 valence electrons. The molecule has 1 aliphatic rings. The third-order valence-electron chi connectivity index (χ3n) is 3.60. The van der Waals surface area contributed by atoms with E-state index in [0.717, 1.165) is 34.3 Å². The molecule has 1 aromatic rings. The first-order valence-electron chi connectivity index (χ1n) is 6.86. The van der Waals surface area contributed by atoms with Gasteiger partial charge in [-0.2, -0.15) is 0 Å². The van der Waals surface area contributed by atoms with Gasteiger partial charge in [0.15, 0.2) is 0 Å². The molecule has 5 heteroatoms. The fraction of sp³-hybridized carbons (Fsp3) is 0.533. The molecule has 3 nitrogen and oxygen atoms in total. The van der Waals surface area contributed by atoms with E-state index >= 15 is 0 Å². The van der Waals surface area contributed by atoms with Crippen molar-refractivity contribution in [2.45, 2.75) is 45.6 Å². The van der Waals surface area contributed by atoms with Crippen molar-refractivity contribution in [3.63, 3.8) is 0 Å². The third kappa shape index (κ3) is 4.76. The monoisotopic (exact) mass is 360 g/mol. The Morgan fingerprint density at radius 2 is 2.05 bits per heavy atom. The van der Waals surface area contributed by atoms with E-state index in [2.05, 4.69) is 26.6 Å². The maximum absolute atomic E-state index is 11.9. The van der Waals surface area contributed by atoms with Gasteiger partial charge in [0, 0.05) is 22.6 Å². The van der Waals surface area contributed by atoms with Crippen LogP contribution in [-0.2, 0) is 4.79 Å². The van der Waals surface area contributed by atoms with E-state index < -0.39 is 0 Å². The molecule has 0 saturated carbocycles. The van der Waals surface area contributed by atoms with E-state index in [1.807, 2.05) is 26.0 Å². The summed E-state index contributed by atoms with van der Waals surface area (Å²) in [5.74, 6) is 0.106. The van der Waals surface area contributed by atoms with Crippen LogP contribution in [0.15, 0.2) is 16.6 Å². The number of anilines is 1. The summed E-state index contributed by atoms with van der Waals surface area (Å²) < 4.78 is 1.11. The molecule has 1 unspecified atom stereocenters. The standard InChI is InChI=1S/C15H21BrN2O.ClH/c1-10-8-13(9-11(2)15(10)16)18-14(19)6-5-12-4-3-7-17-12;/h8-9,12,17H,3-7H2,1-2H3,(H,18,19);1H. The lowest BCUT2D eigenvalue weighted by Gasteiger charge is -2.12. The molecule has 1 amide bonds. The Labute approximate surface area is 135 Å². The van der Waals surface area contributed by atoms with Crippen LogP contribution in [0.25, 0.3) is 0 Å². The Hall–Kier alpha value is -0.580. The van der Waals surface area contributed by atoms with Gasteiger partial charge in [0.2, 0.25) is 5.91 Å². The molecule has 20 heavy (non-hydrogen) atoms. The Bertz CT molecular complexity index is 450. The topological polar surface area (TPSA) is 41.1 Å². The smallest absolute Gasteiger partial charge is 0.224 e. The summed E-state index contributed by atoms with van der Waals surface area (Å²) in [5.41, 5.74) is 3.18. The van der Waals surface area contributed by atoms with E-state index in [1.54, 1.807) is 0 Å². The highest BCUT2D eigenvalue weighted by atomic mass is 79.9. The van der Waals surface area contributed by atoms with Gasteiger partial charge < -0.3 is 10.6 Å². The zero-order chi connectivity index (χ0) is 13.8. The molecule has 2 rings (SSSR count). The summed E-state index contributed by atoms with van der Waals surface area (Å²) in [6.45, 7) is 5.17. The van der Waals surface area contributed by atoms with Crippen LogP contribution in [0.4, 0.5) is 5.69 Å². The van der Waals surface area contributed by atoms with Crippen molar-refractivity contribution >= 4 is 39.9 Å². The van der Waals surface area contributed by atoms with E-state index in [1.165, 1.54) is 12.8 Å². The summed E-state index contributed by atoms with van der Waals surface area (Å²) in [6, 6.07) is 4.53. The van der Waals surface area contributed by atoms with E-state index in [4.69, 9.17) is 0 Å². The van der Waals surface area contributed by atoms with Gasteiger partial charge in [0.05, 0.1) is 0 Å². The second-order valence-corrected chi connectivity index (χ2v) is 6.10. The lowest BCUT2D eigenvalue weighted by atomic mass is 10.1. The van der Waals surface area contributed by atoms with Crippen molar-refractivity contribution in [2.24, 2.45) is 0 Å². The van der Waals surface area contributed by atoms with Gasteiger partial charge in [0.25, 0.3) is 0 Å². The zero-order valence-electron chi connectivity index (χ0n) is 12.0. The predicted molar refractivity (Wildman–Crippen MR) is 89.8 cm³/mol. The van der Waals surface area contributed by atoms with E-state index in [9.17, 15) is 4.79 Å². The first-order chi connectivity index (χ1) is 9.06. The van der Waals surface area contributed by atoms with Crippen LogP contribution in [0, 0.1) is 13.8 Å². The van der Waals surface area contributed by atoms with Gasteiger partial charge in [-0.05, 0) is 62.9 Å². The summed E-state index contributed by atoms with van der Waals surface area (Å²) in [7, 11) is 0.